The fraction of sp³-hybridized carbons (Fsp3) is 0.467. The standard InChI is InChI=1S/C15H21ClFN/c1-2-3-4-5-6-9-13(18)11-12-8-7-10-14(16)15(12)17/h2,7-8,10,13H,1,3-6,9,11,18H2. The van der Waals surface area contributed by atoms with Gasteiger partial charge >= 0.3 is 0 Å². The fourth-order valence-corrected chi connectivity index (χ4v) is 2.16. The van der Waals surface area contributed by atoms with Crippen molar-refractivity contribution in [2.24, 2.45) is 5.73 Å². The molecule has 0 saturated heterocycles. The highest BCUT2D eigenvalue weighted by Crippen LogP contribution is 2.19. The van der Waals surface area contributed by atoms with Crippen LogP contribution in [-0.4, -0.2) is 6.04 Å². The lowest BCUT2D eigenvalue weighted by Gasteiger charge is -2.12. The molecule has 0 heterocycles. The van der Waals surface area contributed by atoms with Crippen LogP contribution in [0.5, 0.6) is 0 Å². The maximum atomic E-state index is 13.7. The van der Waals surface area contributed by atoms with Gasteiger partial charge in [-0.15, -0.1) is 6.58 Å². The van der Waals surface area contributed by atoms with Crippen molar-refractivity contribution in [3.05, 3.63) is 47.3 Å². The van der Waals surface area contributed by atoms with E-state index in [0.29, 0.717) is 12.0 Å². The number of halogens is 2. The van der Waals surface area contributed by atoms with Gasteiger partial charge in [0, 0.05) is 6.04 Å². The molecule has 3 heteroatoms. The van der Waals surface area contributed by atoms with Crippen LogP contribution in [0.2, 0.25) is 5.02 Å². The Bertz CT molecular complexity index is 379. The predicted molar refractivity (Wildman–Crippen MR) is 76.4 cm³/mol. The summed E-state index contributed by atoms with van der Waals surface area (Å²) < 4.78 is 13.7. The SMILES string of the molecule is C=CCCCCCC(N)Cc1cccc(Cl)c1F. The maximum absolute atomic E-state index is 13.7. The second-order valence-corrected chi connectivity index (χ2v) is 5.01. The third-order valence-electron chi connectivity index (χ3n) is 3.00. The van der Waals surface area contributed by atoms with Gasteiger partial charge < -0.3 is 5.73 Å². The third kappa shape index (κ3) is 5.19. The lowest BCUT2D eigenvalue weighted by molar-refractivity contribution is 0.533. The molecule has 0 saturated carbocycles. The number of unbranched alkanes of at least 4 members (excludes halogenated alkanes) is 3. The van der Waals surface area contributed by atoms with Crippen LogP contribution in [0, 0.1) is 5.82 Å². The van der Waals surface area contributed by atoms with Crippen molar-refractivity contribution in [3.63, 3.8) is 0 Å². The van der Waals surface area contributed by atoms with E-state index in [-0.39, 0.29) is 16.9 Å². The van der Waals surface area contributed by atoms with Gasteiger partial charge in [0.15, 0.2) is 0 Å². The zero-order valence-electron chi connectivity index (χ0n) is 10.7. The number of allylic oxidation sites excluding steroid dienone is 1. The van der Waals surface area contributed by atoms with E-state index in [4.69, 9.17) is 17.3 Å². The number of hydrogen-bond donors (Lipinski definition) is 1. The fourth-order valence-electron chi connectivity index (χ4n) is 1.96. The molecule has 100 valence electrons. The maximum Gasteiger partial charge on any atom is 0.145 e. The normalized spacial score (nSPS) is 12.4. The highest BCUT2D eigenvalue weighted by molar-refractivity contribution is 6.30. The summed E-state index contributed by atoms with van der Waals surface area (Å²) in [6, 6.07) is 5.07. The molecule has 1 rings (SSSR count). The van der Waals surface area contributed by atoms with Crippen LogP contribution >= 0.6 is 11.6 Å². The average Bonchev–Trinajstić information content (AvgIpc) is 2.35. The van der Waals surface area contributed by atoms with E-state index in [2.05, 4.69) is 6.58 Å². The molecule has 0 aliphatic heterocycles. The van der Waals surface area contributed by atoms with Gasteiger partial charge in [-0.1, -0.05) is 42.7 Å². The van der Waals surface area contributed by atoms with E-state index in [0.717, 1.165) is 32.1 Å². The quantitative estimate of drug-likeness (QED) is 0.546. The molecule has 1 aromatic rings. The van der Waals surface area contributed by atoms with Gasteiger partial charge in [-0.25, -0.2) is 4.39 Å². The van der Waals surface area contributed by atoms with Crippen molar-refractivity contribution in [1.29, 1.82) is 0 Å². The van der Waals surface area contributed by atoms with Crippen molar-refractivity contribution >= 4 is 11.6 Å². The molecular weight excluding hydrogens is 249 g/mol. The molecule has 1 aromatic carbocycles. The smallest absolute Gasteiger partial charge is 0.145 e. The Morgan fingerprint density at radius 2 is 2.11 bits per heavy atom. The summed E-state index contributed by atoms with van der Waals surface area (Å²) in [4.78, 5) is 0. The topological polar surface area (TPSA) is 26.0 Å². The number of rotatable bonds is 8. The Labute approximate surface area is 114 Å². The molecule has 1 unspecified atom stereocenters. The van der Waals surface area contributed by atoms with Crippen molar-refractivity contribution in [2.75, 3.05) is 0 Å². The second kappa shape index (κ2) is 8.28. The molecule has 2 N–H and O–H groups in total. The van der Waals surface area contributed by atoms with Crippen molar-refractivity contribution in [3.8, 4) is 0 Å². The molecule has 0 aliphatic rings. The lowest BCUT2D eigenvalue weighted by atomic mass is 10.0. The first kappa shape index (κ1) is 15.2. The molecule has 0 radical (unpaired) electrons. The van der Waals surface area contributed by atoms with Gasteiger partial charge in [0.25, 0.3) is 0 Å². The van der Waals surface area contributed by atoms with Gasteiger partial charge in [0.1, 0.15) is 5.82 Å². The summed E-state index contributed by atoms with van der Waals surface area (Å²) in [6.45, 7) is 3.69. The summed E-state index contributed by atoms with van der Waals surface area (Å²) in [5.74, 6) is -0.332. The molecule has 0 spiro atoms. The van der Waals surface area contributed by atoms with E-state index < -0.39 is 0 Å². The van der Waals surface area contributed by atoms with E-state index in [1.165, 1.54) is 0 Å². The zero-order valence-corrected chi connectivity index (χ0v) is 11.4. The Balaban J connectivity index is 2.33. The average molecular weight is 270 g/mol. The van der Waals surface area contributed by atoms with Gasteiger partial charge in [-0.3, -0.25) is 0 Å². The van der Waals surface area contributed by atoms with Crippen molar-refractivity contribution < 1.29 is 4.39 Å². The Hall–Kier alpha value is -0.860. The van der Waals surface area contributed by atoms with Crippen LogP contribution in [0.15, 0.2) is 30.9 Å². The molecule has 0 aliphatic carbocycles. The van der Waals surface area contributed by atoms with Crippen LogP contribution in [0.25, 0.3) is 0 Å². The van der Waals surface area contributed by atoms with Crippen LogP contribution in [0.3, 0.4) is 0 Å². The molecule has 1 nitrogen and oxygen atoms in total. The largest absolute Gasteiger partial charge is 0.327 e. The number of benzene rings is 1. The van der Waals surface area contributed by atoms with Crippen LogP contribution < -0.4 is 5.73 Å². The highest BCUT2D eigenvalue weighted by Gasteiger charge is 2.10. The van der Waals surface area contributed by atoms with Gasteiger partial charge in [0.2, 0.25) is 0 Å². The Morgan fingerprint density at radius 1 is 1.33 bits per heavy atom. The molecule has 0 amide bonds. The summed E-state index contributed by atoms with van der Waals surface area (Å²) in [5.41, 5.74) is 6.62. The first-order valence-corrected chi connectivity index (χ1v) is 6.82. The van der Waals surface area contributed by atoms with Crippen molar-refractivity contribution in [2.45, 2.75) is 44.6 Å². The van der Waals surface area contributed by atoms with E-state index in [1.54, 1.807) is 18.2 Å². The minimum Gasteiger partial charge on any atom is -0.327 e. The van der Waals surface area contributed by atoms with Crippen LogP contribution in [0.4, 0.5) is 4.39 Å². The summed E-state index contributed by atoms with van der Waals surface area (Å²) in [5, 5.41) is 0.172. The first-order valence-electron chi connectivity index (χ1n) is 6.44. The van der Waals surface area contributed by atoms with Crippen LogP contribution in [0.1, 0.15) is 37.7 Å². The summed E-state index contributed by atoms with van der Waals surface area (Å²) >= 11 is 5.73. The minimum absolute atomic E-state index is 0.00157. The molecule has 1 atom stereocenters. The minimum atomic E-state index is -0.332. The molecule has 18 heavy (non-hydrogen) atoms. The molecule has 0 aromatic heterocycles. The monoisotopic (exact) mass is 269 g/mol. The summed E-state index contributed by atoms with van der Waals surface area (Å²) in [7, 11) is 0. The molecule has 0 bridgehead atoms. The Morgan fingerprint density at radius 3 is 2.83 bits per heavy atom. The Kier molecular flexibility index (Phi) is 6.99. The van der Waals surface area contributed by atoms with Crippen molar-refractivity contribution in [1.82, 2.24) is 0 Å². The van der Waals surface area contributed by atoms with E-state index >= 15 is 0 Å². The number of hydrogen-bond acceptors (Lipinski definition) is 1. The van der Waals surface area contributed by atoms with E-state index in [9.17, 15) is 4.39 Å². The molecular formula is C15H21ClFN. The summed E-state index contributed by atoms with van der Waals surface area (Å²) in [6.07, 6.45) is 7.84. The van der Waals surface area contributed by atoms with Gasteiger partial charge in [-0.05, 0) is 37.3 Å². The van der Waals surface area contributed by atoms with Gasteiger partial charge in [0.05, 0.1) is 5.02 Å². The second-order valence-electron chi connectivity index (χ2n) is 4.60. The first-order chi connectivity index (χ1) is 8.65. The molecule has 0 fully saturated rings. The highest BCUT2D eigenvalue weighted by atomic mass is 35.5. The number of nitrogens with two attached hydrogens (primary N) is 1. The van der Waals surface area contributed by atoms with Crippen LogP contribution in [-0.2, 0) is 6.42 Å². The van der Waals surface area contributed by atoms with E-state index in [1.807, 2.05) is 6.08 Å². The predicted octanol–water partition coefficient (Wildman–Crippen LogP) is 4.49. The zero-order chi connectivity index (χ0) is 13.4. The van der Waals surface area contributed by atoms with Gasteiger partial charge in [-0.2, -0.15) is 0 Å². The lowest BCUT2D eigenvalue weighted by Crippen LogP contribution is -2.23. The third-order valence-corrected chi connectivity index (χ3v) is 3.29.